The van der Waals surface area contributed by atoms with E-state index in [0.29, 0.717) is 25.7 Å². The second-order valence-electron chi connectivity index (χ2n) is 3.23. The fraction of sp³-hybridized carbons (Fsp3) is 0.875. The SMILES string of the molecule is O=CC1(CC(F)F)CCCOC1. The second kappa shape index (κ2) is 3.94. The Morgan fingerprint density at radius 3 is 2.75 bits per heavy atom. The molecule has 0 aromatic carbocycles. The van der Waals surface area contributed by atoms with Gasteiger partial charge in [0.1, 0.15) is 6.29 Å². The molecule has 70 valence electrons. The molecule has 1 aliphatic heterocycles. The zero-order chi connectivity index (χ0) is 9.03. The van der Waals surface area contributed by atoms with E-state index in [1.807, 2.05) is 0 Å². The number of ether oxygens (including phenoxy) is 1. The molecule has 0 amide bonds. The Hall–Kier alpha value is -0.510. The number of hydrogen-bond acceptors (Lipinski definition) is 2. The molecule has 12 heavy (non-hydrogen) atoms. The Bertz CT molecular complexity index is 153. The Balaban J connectivity index is 2.53. The van der Waals surface area contributed by atoms with Crippen LogP contribution in [0.15, 0.2) is 0 Å². The normalized spacial score (nSPS) is 30.6. The zero-order valence-electron chi connectivity index (χ0n) is 6.76. The van der Waals surface area contributed by atoms with Crippen LogP contribution in [0.3, 0.4) is 0 Å². The van der Waals surface area contributed by atoms with Crippen LogP contribution in [-0.4, -0.2) is 25.9 Å². The largest absolute Gasteiger partial charge is 0.380 e. The van der Waals surface area contributed by atoms with Gasteiger partial charge in [0.25, 0.3) is 0 Å². The summed E-state index contributed by atoms with van der Waals surface area (Å²) in [6.07, 6.45) is -0.932. The summed E-state index contributed by atoms with van der Waals surface area (Å²) in [5.41, 5.74) is -0.910. The number of rotatable bonds is 3. The highest BCUT2D eigenvalue weighted by atomic mass is 19.3. The minimum absolute atomic E-state index is 0.154. The van der Waals surface area contributed by atoms with Gasteiger partial charge in [-0.2, -0.15) is 0 Å². The van der Waals surface area contributed by atoms with Gasteiger partial charge in [-0.05, 0) is 12.8 Å². The van der Waals surface area contributed by atoms with Crippen LogP contribution >= 0.6 is 0 Å². The monoisotopic (exact) mass is 178 g/mol. The van der Waals surface area contributed by atoms with E-state index in [1.165, 1.54) is 0 Å². The smallest absolute Gasteiger partial charge is 0.239 e. The Labute approximate surface area is 69.9 Å². The van der Waals surface area contributed by atoms with Crippen molar-refractivity contribution >= 4 is 6.29 Å². The van der Waals surface area contributed by atoms with Gasteiger partial charge in [0.15, 0.2) is 0 Å². The molecule has 0 N–H and O–H groups in total. The van der Waals surface area contributed by atoms with Gasteiger partial charge < -0.3 is 9.53 Å². The minimum atomic E-state index is -2.42. The van der Waals surface area contributed by atoms with Gasteiger partial charge in [0, 0.05) is 13.0 Å². The summed E-state index contributed by atoms with van der Waals surface area (Å²) < 4.78 is 29.1. The molecule has 0 aromatic heterocycles. The van der Waals surface area contributed by atoms with Gasteiger partial charge >= 0.3 is 0 Å². The van der Waals surface area contributed by atoms with E-state index >= 15 is 0 Å². The van der Waals surface area contributed by atoms with Crippen molar-refractivity contribution in [2.45, 2.75) is 25.7 Å². The van der Waals surface area contributed by atoms with Crippen LogP contribution in [0.5, 0.6) is 0 Å². The molecular weight excluding hydrogens is 166 g/mol. The molecule has 0 bridgehead atoms. The molecule has 0 saturated carbocycles. The van der Waals surface area contributed by atoms with Crippen LogP contribution in [0.1, 0.15) is 19.3 Å². The van der Waals surface area contributed by atoms with Crippen LogP contribution in [0.25, 0.3) is 0 Å². The molecule has 2 nitrogen and oxygen atoms in total. The molecule has 1 saturated heterocycles. The highest BCUT2D eigenvalue weighted by Gasteiger charge is 2.35. The highest BCUT2D eigenvalue weighted by molar-refractivity contribution is 5.59. The molecule has 1 fully saturated rings. The first-order chi connectivity index (χ1) is 5.68. The van der Waals surface area contributed by atoms with E-state index in [1.54, 1.807) is 0 Å². The van der Waals surface area contributed by atoms with Crippen LogP contribution in [-0.2, 0) is 9.53 Å². The van der Waals surface area contributed by atoms with Gasteiger partial charge in [-0.1, -0.05) is 0 Å². The van der Waals surface area contributed by atoms with Crippen molar-refractivity contribution in [2.24, 2.45) is 5.41 Å². The number of halogens is 2. The number of carbonyl (C=O) groups excluding carboxylic acids is 1. The first-order valence-corrected chi connectivity index (χ1v) is 4.01. The molecule has 4 heteroatoms. The van der Waals surface area contributed by atoms with Crippen molar-refractivity contribution in [3.05, 3.63) is 0 Å². The summed E-state index contributed by atoms with van der Waals surface area (Å²) in [4.78, 5) is 10.6. The zero-order valence-corrected chi connectivity index (χ0v) is 6.76. The number of hydrogen-bond donors (Lipinski definition) is 0. The molecule has 1 atom stereocenters. The third-order valence-electron chi connectivity index (χ3n) is 2.16. The first kappa shape index (κ1) is 9.58. The van der Waals surface area contributed by atoms with E-state index in [2.05, 4.69) is 0 Å². The number of aldehydes is 1. The summed E-state index contributed by atoms with van der Waals surface area (Å²) in [5, 5.41) is 0. The fourth-order valence-electron chi connectivity index (χ4n) is 1.48. The maximum absolute atomic E-state index is 12.0. The molecule has 1 rings (SSSR count). The topological polar surface area (TPSA) is 26.3 Å². The predicted molar refractivity (Wildman–Crippen MR) is 39.2 cm³/mol. The quantitative estimate of drug-likeness (QED) is 0.614. The third-order valence-corrected chi connectivity index (χ3v) is 2.16. The van der Waals surface area contributed by atoms with Crippen LogP contribution < -0.4 is 0 Å². The molecule has 0 aliphatic carbocycles. The first-order valence-electron chi connectivity index (χ1n) is 4.01. The average molecular weight is 178 g/mol. The fourth-order valence-corrected chi connectivity index (χ4v) is 1.48. The van der Waals surface area contributed by atoms with Crippen molar-refractivity contribution < 1.29 is 18.3 Å². The van der Waals surface area contributed by atoms with E-state index in [9.17, 15) is 13.6 Å². The van der Waals surface area contributed by atoms with Gasteiger partial charge in [-0.3, -0.25) is 0 Å². The molecule has 1 aliphatic rings. The van der Waals surface area contributed by atoms with E-state index in [0.717, 1.165) is 0 Å². The van der Waals surface area contributed by atoms with E-state index in [-0.39, 0.29) is 13.0 Å². The summed E-state index contributed by atoms with van der Waals surface area (Å²) >= 11 is 0. The molecule has 1 unspecified atom stereocenters. The van der Waals surface area contributed by atoms with Gasteiger partial charge in [-0.15, -0.1) is 0 Å². The maximum atomic E-state index is 12.0. The van der Waals surface area contributed by atoms with Crippen LogP contribution in [0, 0.1) is 5.41 Å². The Morgan fingerprint density at radius 2 is 2.33 bits per heavy atom. The molecule has 0 radical (unpaired) electrons. The molecular formula is C8H12F2O2. The van der Waals surface area contributed by atoms with Crippen LogP contribution in [0.4, 0.5) is 8.78 Å². The van der Waals surface area contributed by atoms with E-state index < -0.39 is 11.8 Å². The lowest BCUT2D eigenvalue weighted by Gasteiger charge is -2.31. The van der Waals surface area contributed by atoms with Crippen molar-refractivity contribution in [3.63, 3.8) is 0 Å². The lowest BCUT2D eigenvalue weighted by Crippen LogP contribution is -2.35. The van der Waals surface area contributed by atoms with Gasteiger partial charge in [0.05, 0.1) is 12.0 Å². The highest BCUT2D eigenvalue weighted by Crippen LogP contribution is 2.32. The minimum Gasteiger partial charge on any atom is -0.380 e. The average Bonchev–Trinajstić information content (AvgIpc) is 2.05. The lowest BCUT2D eigenvalue weighted by atomic mass is 9.81. The Morgan fingerprint density at radius 1 is 1.58 bits per heavy atom. The molecule has 1 heterocycles. The maximum Gasteiger partial charge on any atom is 0.239 e. The Kier molecular flexibility index (Phi) is 3.14. The van der Waals surface area contributed by atoms with E-state index in [4.69, 9.17) is 4.74 Å². The number of alkyl halides is 2. The van der Waals surface area contributed by atoms with Crippen molar-refractivity contribution in [1.82, 2.24) is 0 Å². The van der Waals surface area contributed by atoms with Crippen LogP contribution in [0.2, 0.25) is 0 Å². The van der Waals surface area contributed by atoms with Gasteiger partial charge in [-0.25, -0.2) is 8.78 Å². The van der Waals surface area contributed by atoms with Crippen molar-refractivity contribution in [2.75, 3.05) is 13.2 Å². The van der Waals surface area contributed by atoms with Crippen molar-refractivity contribution in [1.29, 1.82) is 0 Å². The standard InChI is InChI=1S/C8H12F2O2/c9-7(10)4-8(5-11)2-1-3-12-6-8/h5,7H,1-4,6H2. The second-order valence-corrected chi connectivity index (χ2v) is 3.23. The van der Waals surface area contributed by atoms with Crippen molar-refractivity contribution in [3.8, 4) is 0 Å². The predicted octanol–water partition coefficient (Wildman–Crippen LogP) is 1.64. The van der Waals surface area contributed by atoms with Gasteiger partial charge in [0.2, 0.25) is 6.43 Å². The third kappa shape index (κ3) is 2.24. The summed E-state index contributed by atoms with van der Waals surface area (Å²) in [6.45, 7) is 0.736. The summed E-state index contributed by atoms with van der Waals surface area (Å²) in [7, 11) is 0. The lowest BCUT2D eigenvalue weighted by molar-refractivity contribution is -0.127. The number of carbonyl (C=O) groups is 1. The summed E-state index contributed by atoms with van der Waals surface area (Å²) in [5.74, 6) is 0. The summed E-state index contributed by atoms with van der Waals surface area (Å²) in [6, 6.07) is 0. The molecule has 0 spiro atoms. The molecule has 0 aromatic rings.